The summed E-state index contributed by atoms with van der Waals surface area (Å²) >= 11 is 0. The van der Waals surface area contributed by atoms with Crippen LogP contribution in [0.1, 0.15) is 0 Å². The first-order chi connectivity index (χ1) is 2.77. The van der Waals surface area contributed by atoms with Gasteiger partial charge >= 0.3 is 6.43 Å². The summed E-state index contributed by atoms with van der Waals surface area (Å²) < 4.78 is 31.8. The van der Waals surface area contributed by atoms with Crippen LogP contribution >= 0.6 is 0 Å². The van der Waals surface area contributed by atoms with E-state index in [4.69, 9.17) is 0 Å². The standard InChI is InChI=1S/C3H2F3/c4-2-1-3(5)6/h1-2H. The third-order valence-electron chi connectivity index (χ3n) is 0.189. The van der Waals surface area contributed by atoms with Crippen molar-refractivity contribution in [2.45, 2.75) is 0 Å². The Bertz CT molecular complexity index is 48.0. The molecule has 0 spiro atoms. The average molecular weight is 95.0 g/mol. The lowest BCUT2D eigenvalue weighted by molar-refractivity contribution is 0.331. The smallest absolute Gasteiger partial charge is 0.216 e. The first-order valence-corrected chi connectivity index (χ1v) is 1.22. The summed E-state index contributed by atoms with van der Waals surface area (Å²) in [6.45, 7) is 0. The van der Waals surface area contributed by atoms with Gasteiger partial charge in [0.15, 0.2) is 0 Å². The molecule has 0 bridgehead atoms. The van der Waals surface area contributed by atoms with E-state index >= 15 is 0 Å². The Hall–Kier alpha value is -0.470. The summed E-state index contributed by atoms with van der Waals surface area (Å²) in [5, 5.41) is 0. The molecule has 1 radical (unpaired) electrons. The Morgan fingerprint density at radius 1 is 1.33 bits per heavy atom. The molecule has 0 aliphatic carbocycles. The second kappa shape index (κ2) is 2.75. The van der Waals surface area contributed by atoms with Crippen LogP contribution in [0.3, 0.4) is 0 Å². The SMILES string of the molecule is FC=C[C](F)F. The van der Waals surface area contributed by atoms with Crippen molar-refractivity contribution in [3.63, 3.8) is 0 Å². The third-order valence-corrected chi connectivity index (χ3v) is 0.189. The highest BCUT2D eigenvalue weighted by atomic mass is 19.3. The van der Waals surface area contributed by atoms with Crippen LogP contribution in [0, 0.1) is 6.43 Å². The first kappa shape index (κ1) is 5.53. The molecule has 0 atom stereocenters. The Morgan fingerprint density at radius 2 is 1.83 bits per heavy atom. The van der Waals surface area contributed by atoms with Crippen LogP contribution < -0.4 is 0 Å². The van der Waals surface area contributed by atoms with E-state index < -0.39 is 6.43 Å². The minimum atomic E-state index is -2.02. The monoisotopic (exact) mass is 95.0 g/mol. The van der Waals surface area contributed by atoms with Gasteiger partial charge in [-0.25, -0.2) is 4.39 Å². The van der Waals surface area contributed by atoms with E-state index in [1.165, 1.54) is 0 Å². The fraction of sp³-hybridized carbons (Fsp3) is 0. The number of hydrogen-bond donors (Lipinski definition) is 0. The zero-order chi connectivity index (χ0) is 4.99. The molecule has 0 saturated carbocycles. The largest absolute Gasteiger partial charge is 0.334 e. The predicted octanol–water partition coefficient (Wildman–Crippen LogP) is 1.90. The molecule has 0 rings (SSSR count). The van der Waals surface area contributed by atoms with Gasteiger partial charge in [0.1, 0.15) is 0 Å². The minimum absolute atomic E-state index is 0.0833. The Labute approximate surface area is 33.3 Å². The second-order valence-electron chi connectivity index (χ2n) is 0.582. The van der Waals surface area contributed by atoms with Crippen LogP contribution in [0.15, 0.2) is 12.4 Å². The number of rotatable bonds is 1. The van der Waals surface area contributed by atoms with Crippen LogP contribution in [0.25, 0.3) is 0 Å². The Kier molecular flexibility index (Phi) is 2.54. The van der Waals surface area contributed by atoms with Gasteiger partial charge in [-0.1, -0.05) is 0 Å². The van der Waals surface area contributed by atoms with Gasteiger partial charge in [0.05, 0.1) is 6.33 Å². The molecular formula is C3H2F3. The maximum absolute atomic E-state index is 10.6. The lowest BCUT2D eigenvalue weighted by Crippen LogP contribution is -1.62. The van der Waals surface area contributed by atoms with E-state index in [9.17, 15) is 13.2 Å². The molecule has 0 saturated heterocycles. The molecule has 0 aliphatic heterocycles. The normalized spacial score (nSPS) is 11.3. The van der Waals surface area contributed by atoms with Crippen LogP contribution in [0.2, 0.25) is 0 Å². The van der Waals surface area contributed by atoms with Gasteiger partial charge in [0.25, 0.3) is 0 Å². The highest BCUT2D eigenvalue weighted by Crippen LogP contribution is 2.02. The van der Waals surface area contributed by atoms with Crippen LogP contribution in [0.4, 0.5) is 13.2 Å². The molecule has 35 valence electrons. The van der Waals surface area contributed by atoms with Gasteiger partial charge < -0.3 is 0 Å². The number of hydrogen-bond acceptors (Lipinski definition) is 0. The molecule has 6 heavy (non-hydrogen) atoms. The van der Waals surface area contributed by atoms with Gasteiger partial charge in [0, 0.05) is 6.08 Å². The predicted molar refractivity (Wildman–Crippen MR) is 15.7 cm³/mol. The number of halogens is 3. The maximum Gasteiger partial charge on any atom is 0.334 e. The highest BCUT2D eigenvalue weighted by Gasteiger charge is 1.93. The van der Waals surface area contributed by atoms with E-state index in [-0.39, 0.29) is 12.4 Å². The lowest BCUT2D eigenvalue weighted by Gasteiger charge is -1.73. The van der Waals surface area contributed by atoms with Crippen molar-refractivity contribution in [2.75, 3.05) is 0 Å². The van der Waals surface area contributed by atoms with Crippen molar-refractivity contribution in [1.29, 1.82) is 0 Å². The van der Waals surface area contributed by atoms with E-state index in [2.05, 4.69) is 0 Å². The Balaban J connectivity index is 3.03. The third kappa shape index (κ3) is 3.53. The molecule has 0 N–H and O–H groups in total. The van der Waals surface area contributed by atoms with Crippen molar-refractivity contribution in [1.82, 2.24) is 0 Å². The van der Waals surface area contributed by atoms with E-state index in [1.54, 1.807) is 0 Å². The summed E-state index contributed by atoms with van der Waals surface area (Å²) in [6.07, 6.45) is -2.15. The average Bonchev–Trinajstić information content (AvgIpc) is 1.35. The van der Waals surface area contributed by atoms with Gasteiger partial charge in [-0.05, 0) is 0 Å². The maximum atomic E-state index is 10.6. The molecule has 0 amide bonds. The van der Waals surface area contributed by atoms with Gasteiger partial charge in [-0.2, -0.15) is 8.78 Å². The Morgan fingerprint density at radius 3 is 1.83 bits per heavy atom. The van der Waals surface area contributed by atoms with Crippen LogP contribution in [-0.4, -0.2) is 0 Å². The van der Waals surface area contributed by atoms with Gasteiger partial charge in [0.2, 0.25) is 0 Å². The summed E-state index contributed by atoms with van der Waals surface area (Å²) in [6, 6.07) is 0. The molecule has 0 unspecified atom stereocenters. The van der Waals surface area contributed by atoms with Gasteiger partial charge in [-0.15, -0.1) is 0 Å². The topological polar surface area (TPSA) is 0 Å². The zero-order valence-electron chi connectivity index (χ0n) is 2.79. The molecule has 0 aromatic carbocycles. The van der Waals surface area contributed by atoms with Crippen molar-refractivity contribution in [3.05, 3.63) is 18.8 Å². The van der Waals surface area contributed by atoms with Crippen molar-refractivity contribution < 1.29 is 13.2 Å². The fourth-order valence-electron chi connectivity index (χ4n) is 0.0476. The molecule has 0 heterocycles. The molecular weight excluding hydrogens is 93.0 g/mol. The molecule has 0 nitrogen and oxygen atoms in total. The second-order valence-corrected chi connectivity index (χ2v) is 0.582. The summed E-state index contributed by atoms with van der Waals surface area (Å²) in [4.78, 5) is 0. The summed E-state index contributed by atoms with van der Waals surface area (Å²) in [5.74, 6) is 0. The summed E-state index contributed by atoms with van der Waals surface area (Å²) in [5.41, 5.74) is 0. The molecule has 0 aromatic heterocycles. The van der Waals surface area contributed by atoms with Crippen molar-refractivity contribution >= 4 is 0 Å². The quantitative estimate of drug-likeness (QED) is 0.466. The lowest BCUT2D eigenvalue weighted by atomic mass is 10.7. The van der Waals surface area contributed by atoms with Crippen LogP contribution in [-0.2, 0) is 0 Å². The molecule has 0 aliphatic rings. The number of allylic oxidation sites excluding steroid dienone is 1. The summed E-state index contributed by atoms with van der Waals surface area (Å²) in [7, 11) is 0. The van der Waals surface area contributed by atoms with E-state index in [0.29, 0.717) is 0 Å². The molecule has 0 aromatic rings. The molecule has 3 heteroatoms. The zero-order valence-corrected chi connectivity index (χ0v) is 2.79. The van der Waals surface area contributed by atoms with Gasteiger partial charge in [-0.3, -0.25) is 0 Å². The molecule has 0 fully saturated rings. The minimum Gasteiger partial charge on any atom is -0.216 e. The van der Waals surface area contributed by atoms with Crippen molar-refractivity contribution in [2.24, 2.45) is 0 Å². The van der Waals surface area contributed by atoms with Crippen molar-refractivity contribution in [3.8, 4) is 0 Å². The first-order valence-electron chi connectivity index (χ1n) is 1.22. The highest BCUT2D eigenvalue weighted by molar-refractivity contribution is 4.88. The van der Waals surface area contributed by atoms with E-state index in [0.717, 1.165) is 0 Å². The fourth-order valence-corrected chi connectivity index (χ4v) is 0.0476. The van der Waals surface area contributed by atoms with E-state index in [1.807, 2.05) is 0 Å². The van der Waals surface area contributed by atoms with Crippen LogP contribution in [0.5, 0.6) is 0 Å².